The van der Waals surface area contributed by atoms with Crippen molar-refractivity contribution in [2.45, 2.75) is 38.8 Å². The van der Waals surface area contributed by atoms with E-state index in [-0.39, 0.29) is 18.3 Å². The highest BCUT2D eigenvalue weighted by atomic mass is 35.5. The zero-order chi connectivity index (χ0) is 18.2. The minimum absolute atomic E-state index is 0. The summed E-state index contributed by atoms with van der Waals surface area (Å²) in [5.41, 5.74) is 2.63. The summed E-state index contributed by atoms with van der Waals surface area (Å²) in [6.07, 6.45) is 1.21. The van der Waals surface area contributed by atoms with Crippen LogP contribution in [-0.4, -0.2) is 29.1 Å². The third kappa shape index (κ3) is 5.86. The van der Waals surface area contributed by atoms with Crippen molar-refractivity contribution in [3.63, 3.8) is 0 Å². The molecule has 0 fully saturated rings. The number of hydrogen-bond acceptors (Lipinski definition) is 3. The molecule has 6 heteroatoms. The smallest absolute Gasteiger partial charge is 0.320 e. The third-order valence-corrected chi connectivity index (χ3v) is 3.99. The Hall–Kier alpha value is -2.37. The summed E-state index contributed by atoms with van der Waals surface area (Å²) in [6, 6.07) is 16.0. The zero-order valence-corrected chi connectivity index (χ0v) is 15.8. The molecule has 5 nitrogen and oxygen atoms in total. The average molecular weight is 377 g/mol. The van der Waals surface area contributed by atoms with E-state index >= 15 is 0 Å². The zero-order valence-electron chi connectivity index (χ0n) is 14.9. The second-order valence-corrected chi connectivity index (χ2v) is 5.97. The summed E-state index contributed by atoms with van der Waals surface area (Å²) >= 11 is 0. The molecule has 2 unspecified atom stereocenters. The van der Waals surface area contributed by atoms with E-state index in [0.717, 1.165) is 17.5 Å². The number of halogens is 1. The number of amides is 1. The monoisotopic (exact) mass is 376 g/mol. The Bertz CT molecular complexity index is 722. The molecule has 0 radical (unpaired) electrons. The van der Waals surface area contributed by atoms with E-state index in [1.807, 2.05) is 61.5 Å². The SMILES string of the molecule is CCCC(NC(C)C(=O)Nc1ccccc1-c1ccccc1)C(=O)O.Cl. The molecule has 0 bridgehead atoms. The van der Waals surface area contributed by atoms with Gasteiger partial charge in [0, 0.05) is 11.3 Å². The van der Waals surface area contributed by atoms with E-state index in [1.54, 1.807) is 6.92 Å². The van der Waals surface area contributed by atoms with Gasteiger partial charge in [-0.15, -0.1) is 12.4 Å². The lowest BCUT2D eigenvalue weighted by atomic mass is 10.0. The number of benzene rings is 2. The van der Waals surface area contributed by atoms with Crippen molar-refractivity contribution in [2.24, 2.45) is 0 Å². The number of carboxylic acids is 1. The Morgan fingerprint density at radius 1 is 1.04 bits per heavy atom. The fourth-order valence-electron chi connectivity index (χ4n) is 2.65. The van der Waals surface area contributed by atoms with Crippen LogP contribution in [0.25, 0.3) is 11.1 Å². The Balaban J connectivity index is 0.00000338. The summed E-state index contributed by atoms with van der Waals surface area (Å²) in [7, 11) is 0. The van der Waals surface area contributed by atoms with Gasteiger partial charge in [-0.2, -0.15) is 0 Å². The van der Waals surface area contributed by atoms with Gasteiger partial charge in [-0.05, 0) is 25.0 Å². The van der Waals surface area contributed by atoms with Gasteiger partial charge < -0.3 is 10.4 Å². The number of carboxylic acid groups (broad SMARTS) is 1. The van der Waals surface area contributed by atoms with Crippen molar-refractivity contribution in [1.29, 1.82) is 0 Å². The predicted molar refractivity (Wildman–Crippen MR) is 107 cm³/mol. The van der Waals surface area contributed by atoms with Gasteiger partial charge in [-0.25, -0.2) is 0 Å². The maximum atomic E-state index is 12.5. The van der Waals surface area contributed by atoms with Crippen LogP contribution < -0.4 is 10.6 Å². The molecule has 0 aliphatic heterocycles. The number of carbonyl (C=O) groups excluding carboxylic acids is 1. The van der Waals surface area contributed by atoms with Crippen LogP contribution in [0.1, 0.15) is 26.7 Å². The molecule has 140 valence electrons. The molecule has 0 aliphatic rings. The first kappa shape index (κ1) is 21.7. The largest absolute Gasteiger partial charge is 0.480 e. The third-order valence-electron chi connectivity index (χ3n) is 3.99. The van der Waals surface area contributed by atoms with Gasteiger partial charge in [0.25, 0.3) is 0 Å². The Kier molecular flexibility index (Phi) is 8.82. The highest BCUT2D eigenvalue weighted by Crippen LogP contribution is 2.27. The topological polar surface area (TPSA) is 78.4 Å². The van der Waals surface area contributed by atoms with Crippen molar-refractivity contribution in [1.82, 2.24) is 5.32 Å². The average Bonchev–Trinajstić information content (AvgIpc) is 2.62. The molecule has 2 rings (SSSR count). The molecule has 2 aromatic carbocycles. The van der Waals surface area contributed by atoms with Crippen LogP contribution in [0.4, 0.5) is 5.69 Å². The van der Waals surface area contributed by atoms with E-state index in [9.17, 15) is 14.7 Å². The van der Waals surface area contributed by atoms with E-state index in [4.69, 9.17) is 0 Å². The van der Waals surface area contributed by atoms with Crippen molar-refractivity contribution >= 4 is 30.0 Å². The van der Waals surface area contributed by atoms with Gasteiger partial charge in [0.1, 0.15) is 6.04 Å². The van der Waals surface area contributed by atoms with Gasteiger partial charge in [0.05, 0.1) is 6.04 Å². The Morgan fingerprint density at radius 2 is 1.65 bits per heavy atom. The molecule has 3 N–H and O–H groups in total. The van der Waals surface area contributed by atoms with Gasteiger partial charge in [-0.3, -0.25) is 14.9 Å². The fraction of sp³-hybridized carbons (Fsp3) is 0.300. The number of carbonyl (C=O) groups is 2. The first-order valence-electron chi connectivity index (χ1n) is 8.47. The summed E-state index contributed by atoms with van der Waals surface area (Å²) < 4.78 is 0. The molecule has 0 aromatic heterocycles. The maximum absolute atomic E-state index is 12.5. The number of rotatable bonds is 8. The van der Waals surface area contributed by atoms with Crippen molar-refractivity contribution in [2.75, 3.05) is 5.32 Å². The van der Waals surface area contributed by atoms with Gasteiger partial charge in [-0.1, -0.05) is 61.9 Å². The minimum atomic E-state index is -0.939. The minimum Gasteiger partial charge on any atom is -0.480 e. The molecule has 0 heterocycles. The van der Waals surface area contributed by atoms with Gasteiger partial charge in [0.2, 0.25) is 5.91 Å². The molecule has 0 spiro atoms. The lowest BCUT2D eigenvalue weighted by Crippen LogP contribution is -2.47. The van der Waals surface area contributed by atoms with E-state index < -0.39 is 18.1 Å². The van der Waals surface area contributed by atoms with Crippen molar-refractivity contribution in [3.05, 3.63) is 54.6 Å². The van der Waals surface area contributed by atoms with E-state index in [1.165, 1.54) is 0 Å². The molecule has 0 saturated carbocycles. The number of hydrogen-bond donors (Lipinski definition) is 3. The van der Waals surface area contributed by atoms with Crippen LogP contribution in [-0.2, 0) is 9.59 Å². The van der Waals surface area contributed by atoms with Crippen LogP contribution in [0.3, 0.4) is 0 Å². The number of aliphatic carboxylic acids is 1. The Labute approximate surface area is 160 Å². The van der Waals surface area contributed by atoms with Crippen LogP contribution in [0.15, 0.2) is 54.6 Å². The summed E-state index contributed by atoms with van der Waals surface area (Å²) in [6.45, 7) is 3.59. The van der Waals surface area contributed by atoms with E-state index in [0.29, 0.717) is 12.1 Å². The summed E-state index contributed by atoms with van der Waals surface area (Å²) in [5.74, 6) is -1.20. The first-order chi connectivity index (χ1) is 12.0. The molecule has 26 heavy (non-hydrogen) atoms. The lowest BCUT2D eigenvalue weighted by Gasteiger charge is -2.20. The lowest BCUT2D eigenvalue weighted by molar-refractivity contribution is -0.140. The van der Waals surface area contributed by atoms with Crippen LogP contribution >= 0.6 is 12.4 Å². The quantitative estimate of drug-likeness (QED) is 0.652. The van der Waals surface area contributed by atoms with E-state index in [2.05, 4.69) is 10.6 Å². The standard InChI is InChI=1S/C20H24N2O3.ClH/c1-3-9-18(20(24)25)21-14(2)19(23)22-17-13-8-7-12-16(17)15-10-5-4-6-11-15;/h4-8,10-14,18,21H,3,9H2,1-2H3,(H,22,23)(H,24,25);1H. The number of nitrogens with one attached hydrogen (secondary N) is 2. The molecule has 0 aliphatic carbocycles. The predicted octanol–water partition coefficient (Wildman–Crippen LogP) is 3.95. The fourth-order valence-corrected chi connectivity index (χ4v) is 2.65. The van der Waals surface area contributed by atoms with Crippen molar-refractivity contribution in [3.8, 4) is 11.1 Å². The van der Waals surface area contributed by atoms with Crippen LogP contribution in [0.2, 0.25) is 0 Å². The highest BCUT2D eigenvalue weighted by molar-refractivity contribution is 5.98. The van der Waals surface area contributed by atoms with Crippen LogP contribution in [0.5, 0.6) is 0 Å². The van der Waals surface area contributed by atoms with Gasteiger partial charge in [0.15, 0.2) is 0 Å². The normalized spacial score (nSPS) is 12.5. The molecular formula is C20H25ClN2O3. The highest BCUT2D eigenvalue weighted by Gasteiger charge is 2.22. The van der Waals surface area contributed by atoms with Gasteiger partial charge >= 0.3 is 5.97 Å². The molecule has 1 amide bonds. The first-order valence-corrected chi connectivity index (χ1v) is 8.47. The summed E-state index contributed by atoms with van der Waals surface area (Å²) in [5, 5.41) is 15.0. The van der Waals surface area contributed by atoms with Crippen LogP contribution in [0, 0.1) is 0 Å². The second kappa shape index (κ2) is 10.6. The number of anilines is 1. The molecule has 0 saturated heterocycles. The maximum Gasteiger partial charge on any atom is 0.320 e. The second-order valence-electron chi connectivity index (χ2n) is 5.97. The van der Waals surface area contributed by atoms with Crippen molar-refractivity contribution < 1.29 is 14.7 Å². The summed E-state index contributed by atoms with van der Waals surface area (Å²) in [4.78, 5) is 23.7. The molecule has 2 aromatic rings. The Morgan fingerprint density at radius 3 is 2.27 bits per heavy atom. The molecular weight excluding hydrogens is 352 g/mol. The number of para-hydroxylation sites is 1. The molecule has 2 atom stereocenters.